The molecule has 3 heterocycles. The highest BCUT2D eigenvalue weighted by atomic mass is 16.7. The minimum Gasteiger partial charge on any atom is -0.459 e. The number of fused-ring (bicyclic) bond motifs is 1. The van der Waals surface area contributed by atoms with Crippen LogP contribution < -0.4 is 4.90 Å². The van der Waals surface area contributed by atoms with Crippen LogP contribution in [0.4, 0.5) is 5.82 Å². The van der Waals surface area contributed by atoms with Crippen LogP contribution in [0.15, 0.2) is 79.1 Å². The molecule has 0 saturated carbocycles. The number of anilines is 1. The quantitative estimate of drug-likeness (QED) is 0.469. The van der Waals surface area contributed by atoms with Gasteiger partial charge in [0, 0.05) is 12.2 Å². The second kappa shape index (κ2) is 8.72. The molecule has 0 saturated heterocycles. The average molecular weight is 428 g/mol. The second-order valence-corrected chi connectivity index (χ2v) is 8.03. The predicted molar refractivity (Wildman–Crippen MR) is 124 cm³/mol. The molecule has 0 atom stereocenters. The van der Waals surface area contributed by atoms with Gasteiger partial charge >= 0.3 is 0 Å². The van der Waals surface area contributed by atoms with Gasteiger partial charge in [0.05, 0.1) is 11.9 Å². The van der Waals surface area contributed by atoms with Crippen molar-refractivity contribution in [2.24, 2.45) is 0 Å². The van der Waals surface area contributed by atoms with Crippen LogP contribution >= 0.6 is 0 Å². The molecule has 0 bridgehead atoms. The van der Waals surface area contributed by atoms with Crippen LogP contribution in [0.3, 0.4) is 0 Å². The summed E-state index contributed by atoms with van der Waals surface area (Å²) in [6.45, 7) is 1.71. The van der Waals surface area contributed by atoms with Crippen LogP contribution in [-0.2, 0) is 22.6 Å². The van der Waals surface area contributed by atoms with E-state index in [1.54, 1.807) is 12.6 Å². The summed E-state index contributed by atoms with van der Waals surface area (Å²) in [5, 5.41) is 0.923. The molecule has 1 N–H and O–H groups in total. The van der Waals surface area contributed by atoms with Crippen LogP contribution in [0.1, 0.15) is 11.1 Å². The molecule has 0 spiro atoms. The van der Waals surface area contributed by atoms with Crippen LogP contribution in [0.2, 0.25) is 0 Å². The standard InChI is InChI=1S/C25H25N5O2/c1-29(2)13-19-8-10-20(11-9-19)22-12-21-24(28-22)26-16-27-25(21)30(23-15-31-17-32-23)14-18-6-4-3-5-7-18/h3-12,15-16H,13-14,17H2,1-2H3,(H,26,27,28). The summed E-state index contributed by atoms with van der Waals surface area (Å²) < 4.78 is 11.1. The summed E-state index contributed by atoms with van der Waals surface area (Å²) in [5.74, 6) is 1.40. The Hall–Kier alpha value is -3.84. The molecule has 0 fully saturated rings. The molecule has 32 heavy (non-hydrogen) atoms. The van der Waals surface area contributed by atoms with Crippen molar-refractivity contribution in [3.63, 3.8) is 0 Å². The molecule has 0 radical (unpaired) electrons. The zero-order valence-corrected chi connectivity index (χ0v) is 18.2. The van der Waals surface area contributed by atoms with Gasteiger partial charge in [-0.2, -0.15) is 0 Å². The Balaban J connectivity index is 1.52. The van der Waals surface area contributed by atoms with Gasteiger partial charge in [0.15, 0.2) is 0 Å². The van der Waals surface area contributed by atoms with Gasteiger partial charge in [-0.1, -0.05) is 54.6 Å². The smallest absolute Gasteiger partial charge is 0.234 e. The summed E-state index contributed by atoms with van der Waals surface area (Å²) in [6, 6.07) is 20.9. The lowest BCUT2D eigenvalue weighted by molar-refractivity contribution is 0.0782. The first kappa shape index (κ1) is 20.1. The van der Waals surface area contributed by atoms with Crippen LogP contribution in [0.25, 0.3) is 22.3 Å². The summed E-state index contributed by atoms with van der Waals surface area (Å²) in [5.41, 5.74) is 5.29. The van der Waals surface area contributed by atoms with Crippen molar-refractivity contribution in [3.05, 3.63) is 90.3 Å². The van der Waals surface area contributed by atoms with Gasteiger partial charge in [-0.05, 0) is 36.9 Å². The van der Waals surface area contributed by atoms with E-state index < -0.39 is 0 Å². The van der Waals surface area contributed by atoms with Crippen LogP contribution in [0, 0.1) is 0 Å². The van der Waals surface area contributed by atoms with Crippen molar-refractivity contribution in [3.8, 4) is 11.3 Å². The fourth-order valence-electron chi connectivity index (χ4n) is 3.85. The fraction of sp³-hybridized carbons (Fsp3) is 0.200. The molecule has 0 unspecified atom stereocenters. The van der Waals surface area contributed by atoms with Crippen LogP contribution in [-0.4, -0.2) is 40.7 Å². The highest BCUT2D eigenvalue weighted by Gasteiger charge is 2.23. The highest BCUT2D eigenvalue weighted by molar-refractivity contribution is 5.92. The maximum Gasteiger partial charge on any atom is 0.234 e. The molecule has 0 amide bonds. The number of nitrogens with one attached hydrogen (secondary N) is 1. The van der Waals surface area contributed by atoms with Crippen molar-refractivity contribution >= 4 is 16.9 Å². The zero-order chi connectivity index (χ0) is 21.9. The van der Waals surface area contributed by atoms with E-state index in [2.05, 4.69) is 76.4 Å². The Morgan fingerprint density at radius 1 is 0.938 bits per heavy atom. The van der Waals surface area contributed by atoms with Crippen molar-refractivity contribution in [1.82, 2.24) is 19.9 Å². The van der Waals surface area contributed by atoms with Gasteiger partial charge in [0.2, 0.25) is 12.7 Å². The zero-order valence-electron chi connectivity index (χ0n) is 18.2. The van der Waals surface area contributed by atoms with Gasteiger partial charge < -0.3 is 19.4 Å². The molecule has 1 aliphatic heterocycles. The van der Waals surface area contributed by atoms with Crippen molar-refractivity contribution < 1.29 is 9.47 Å². The Kier molecular flexibility index (Phi) is 5.47. The molecule has 162 valence electrons. The molecule has 5 rings (SSSR count). The summed E-state index contributed by atoms with van der Waals surface area (Å²) in [6.07, 6.45) is 3.21. The third kappa shape index (κ3) is 4.15. The molecule has 7 nitrogen and oxygen atoms in total. The summed E-state index contributed by atoms with van der Waals surface area (Å²) in [7, 11) is 4.14. The van der Waals surface area contributed by atoms with E-state index in [1.165, 1.54) is 5.56 Å². The van der Waals surface area contributed by atoms with E-state index in [9.17, 15) is 0 Å². The SMILES string of the molecule is CN(C)Cc1ccc(-c2cc3c(N(Cc4ccccc4)C4=COCO4)ncnc3[nH]2)cc1. The fourth-order valence-corrected chi connectivity index (χ4v) is 3.85. The number of rotatable bonds is 7. The molecule has 2 aromatic heterocycles. The number of hydrogen-bond donors (Lipinski definition) is 1. The molecule has 4 aromatic rings. The summed E-state index contributed by atoms with van der Waals surface area (Å²) >= 11 is 0. The van der Waals surface area contributed by atoms with E-state index in [1.807, 2.05) is 23.1 Å². The number of benzene rings is 2. The first-order valence-corrected chi connectivity index (χ1v) is 10.5. The highest BCUT2D eigenvalue weighted by Crippen LogP contribution is 2.32. The Morgan fingerprint density at radius 2 is 1.72 bits per heavy atom. The van der Waals surface area contributed by atoms with E-state index in [4.69, 9.17) is 9.47 Å². The maximum absolute atomic E-state index is 5.72. The second-order valence-electron chi connectivity index (χ2n) is 8.03. The molecular formula is C25H25N5O2. The normalized spacial score (nSPS) is 13.2. The minimum atomic E-state index is 0.201. The monoisotopic (exact) mass is 427 g/mol. The Morgan fingerprint density at radius 3 is 2.44 bits per heavy atom. The minimum absolute atomic E-state index is 0.201. The van der Waals surface area contributed by atoms with Gasteiger partial charge in [-0.25, -0.2) is 9.97 Å². The number of hydrogen-bond acceptors (Lipinski definition) is 6. The van der Waals surface area contributed by atoms with Crippen LogP contribution in [0.5, 0.6) is 0 Å². The first-order chi connectivity index (χ1) is 15.7. The molecule has 0 aliphatic carbocycles. The Labute approximate surface area is 186 Å². The number of ether oxygens (including phenoxy) is 2. The number of H-pyrrole nitrogens is 1. The molecule has 1 aliphatic rings. The van der Waals surface area contributed by atoms with E-state index >= 15 is 0 Å². The maximum atomic E-state index is 5.72. The predicted octanol–water partition coefficient (Wildman–Crippen LogP) is 4.50. The largest absolute Gasteiger partial charge is 0.459 e. The van der Waals surface area contributed by atoms with Gasteiger partial charge in [-0.15, -0.1) is 0 Å². The average Bonchev–Trinajstić information content (AvgIpc) is 3.48. The number of aromatic nitrogens is 3. The molecule has 7 heteroatoms. The molecule has 2 aromatic carbocycles. The third-order valence-electron chi connectivity index (χ3n) is 5.33. The number of aromatic amines is 1. The van der Waals surface area contributed by atoms with Crippen molar-refractivity contribution in [1.29, 1.82) is 0 Å². The summed E-state index contributed by atoms with van der Waals surface area (Å²) in [4.78, 5) is 16.7. The topological polar surface area (TPSA) is 66.5 Å². The van der Waals surface area contributed by atoms with Crippen molar-refractivity contribution in [2.45, 2.75) is 13.1 Å². The van der Waals surface area contributed by atoms with Gasteiger partial charge in [-0.3, -0.25) is 4.90 Å². The van der Waals surface area contributed by atoms with Gasteiger partial charge in [0.1, 0.15) is 24.1 Å². The van der Waals surface area contributed by atoms with E-state index in [-0.39, 0.29) is 6.79 Å². The van der Waals surface area contributed by atoms with Crippen molar-refractivity contribution in [2.75, 3.05) is 25.8 Å². The lowest BCUT2D eigenvalue weighted by Crippen LogP contribution is -2.23. The molecular weight excluding hydrogens is 402 g/mol. The lowest BCUT2D eigenvalue weighted by Gasteiger charge is -2.23. The van der Waals surface area contributed by atoms with E-state index in [0.29, 0.717) is 12.4 Å². The number of nitrogens with zero attached hydrogens (tertiary/aromatic N) is 4. The van der Waals surface area contributed by atoms with E-state index in [0.717, 1.165) is 40.2 Å². The third-order valence-corrected chi connectivity index (χ3v) is 5.33. The lowest BCUT2D eigenvalue weighted by atomic mass is 10.1. The van der Waals surface area contributed by atoms with Gasteiger partial charge in [0.25, 0.3) is 0 Å². The first-order valence-electron chi connectivity index (χ1n) is 10.5. The Bertz CT molecular complexity index is 1230.